The molecule has 0 spiro atoms. The Morgan fingerprint density at radius 1 is 1.28 bits per heavy atom. The van der Waals surface area contributed by atoms with E-state index in [1.54, 1.807) is 18.2 Å². The van der Waals surface area contributed by atoms with Gasteiger partial charge in [-0.15, -0.1) is 0 Å². The molecule has 1 fully saturated rings. The van der Waals surface area contributed by atoms with Crippen molar-refractivity contribution in [2.75, 3.05) is 0 Å². The molecule has 0 bridgehead atoms. The highest BCUT2D eigenvalue weighted by Crippen LogP contribution is 2.29. The van der Waals surface area contributed by atoms with E-state index in [4.69, 9.17) is 5.26 Å². The average Bonchev–Trinajstić information content (AvgIpc) is 2.88. The third-order valence-electron chi connectivity index (χ3n) is 3.28. The van der Waals surface area contributed by atoms with Crippen molar-refractivity contribution in [2.45, 2.75) is 31.2 Å². The van der Waals surface area contributed by atoms with E-state index >= 15 is 0 Å². The normalized spacial score (nSPS) is 16.6. The molecule has 1 N–H and O–H groups in total. The first-order valence-electron chi connectivity index (χ1n) is 5.93. The number of benzene rings is 1. The highest BCUT2D eigenvalue weighted by Gasteiger charge is 2.35. The van der Waals surface area contributed by atoms with E-state index in [2.05, 4.69) is 11.4 Å². The lowest BCUT2D eigenvalue weighted by Crippen LogP contribution is -2.45. The lowest BCUT2D eigenvalue weighted by Gasteiger charge is -2.21. The van der Waals surface area contributed by atoms with Gasteiger partial charge < -0.3 is 5.32 Å². The molecule has 18 heavy (non-hydrogen) atoms. The van der Waals surface area contributed by atoms with Gasteiger partial charge in [0.2, 0.25) is 0 Å². The number of carbonyl (C=O) groups excluding carboxylic acids is 1. The second kappa shape index (κ2) is 4.89. The molecule has 1 aliphatic rings. The summed E-state index contributed by atoms with van der Waals surface area (Å²) in [6, 6.07) is 10.7. The summed E-state index contributed by atoms with van der Waals surface area (Å²) in [5, 5.41) is 20.8. The quantitative estimate of drug-likeness (QED) is 0.858. The van der Waals surface area contributed by atoms with Crippen LogP contribution in [0.2, 0.25) is 0 Å². The van der Waals surface area contributed by atoms with Crippen molar-refractivity contribution in [3.63, 3.8) is 0 Å². The molecule has 4 heteroatoms. The van der Waals surface area contributed by atoms with E-state index in [-0.39, 0.29) is 5.91 Å². The Bertz CT molecular complexity index is 545. The fraction of sp³-hybridized carbons (Fsp3) is 0.357. The number of carbonyl (C=O) groups is 1. The van der Waals surface area contributed by atoms with Crippen molar-refractivity contribution in [2.24, 2.45) is 0 Å². The third-order valence-corrected chi connectivity index (χ3v) is 3.28. The van der Waals surface area contributed by atoms with Crippen LogP contribution in [0.15, 0.2) is 24.3 Å². The summed E-state index contributed by atoms with van der Waals surface area (Å²) in [6.07, 6.45) is 3.33. The summed E-state index contributed by atoms with van der Waals surface area (Å²) < 4.78 is 0. The Kier molecular flexibility index (Phi) is 3.30. The number of hydrogen-bond acceptors (Lipinski definition) is 3. The van der Waals surface area contributed by atoms with Crippen molar-refractivity contribution < 1.29 is 4.79 Å². The molecule has 1 aliphatic carbocycles. The highest BCUT2D eigenvalue weighted by atomic mass is 16.1. The van der Waals surface area contributed by atoms with E-state index in [0.29, 0.717) is 24.0 Å². The van der Waals surface area contributed by atoms with E-state index in [1.807, 2.05) is 6.07 Å². The van der Waals surface area contributed by atoms with Crippen molar-refractivity contribution in [1.29, 1.82) is 10.5 Å². The number of hydrogen-bond donors (Lipinski definition) is 1. The van der Waals surface area contributed by atoms with Gasteiger partial charge in [-0.2, -0.15) is 10.5 Å². The van der Waals surface area contributed by atoms with E-state index in [1.165, 1.54) is 6.07 Å². The van der Waals surface area contributed by atoms with Crippen LogP contribution >= 0.6 is 0 Å². The van der Waals surface area contributed by atoms with Crippen molar-refractivity contribution in [3.8, 4) is 12.1 Å². The van der Waals surface area contributed by atoms with Gasteiger partial charge in [-0.25, -0.2) is 0 Å². The molecule has 0 radical (unpaired) electrons. The molecule has 1 saturated carbocycles. The van der Waals surface area contributed by atoms with Gasteiger partial charge in [0, 0.05) is 5.56 Å². The molecule has 0 aromatic heterocycles. The average molecular weight is 239 g/mol. The fourth-order valence-corrected chi connectivity index (χ4v) is 2.26. The molecular weight excluding hydrogens is 226 g/mol. The summed E-state index contributed by atoms with van der Waals surface area (Å²) in [5.74, 6) is -0.282. The molecule has 0 aliphatic heterocycles. The van der Waals surface area contributed by atoms with Gasteiger partial charge in [0.05, 0.1) is 17.7 Å². The summed E-state index contributed by atoms with van der Waals surface area (Å²) in [5.41, 5.74) is 0.148. The molecule has 1 aromatic rings. The van der Waals surface area contributed by atoms with Gasteiger partial charge >= 0.3 is 0 Å². The van der Waals surface area contributed by atoms with Gasteiger partial charge in [-0.1, -0.05) is 6.07 Å². The number of nitriles is 2. The molecular formula is C14H13N3O. The zero-order valence-electron chi connectivity index (χ0n) is 9.94. The molecule has 0 heterocycles. The van der Waals surface area contributed by atoms with Crippen LogP contribution in [0, 0.1) is 22.7 Å². The zero-order valence-corrected chi connectivity index (χ0v) is 9.94. The van der Waals surface area contributed by atoms with Crippen molar-refractivity contribution in [3.05, 3.63) is 35.4 Å². The minimum atomic E-state index is -0.722. The molecule has 1 amide bonds. The molecule has 2 rings (SSSR count). The zero-order chi connectivity index (χ0) is 13.0. The Labute approximate surface area is 106 Å². The number of rotatable bonds is 2. The molecule has 90 valence electrons. The highest BCUT2D eigenvalue weighted by molar-refractivity contribution is 5.95. The summed E-state index contributed by atoms with van der Waals surface area (Å²) in [6.45, 7) is 0. The molecule has 0 saturated heterocycles. The number of nitrogens with zero attached hydrogens (tertiary/aromatic N) is 2. The van der Waals surface area contributed by atoms with Gasteiger partial charge in [0.1, 0.15) is 5.54 Å². The first kappa shape index (κ1) is 12.1. The lowest BCUT2D eigenvalue weighted by atomic mass is 9.99. The second-order valence-corrected chi connectivity index (χ2v) is 4.55. The first-order valence-corrected chi connectivity index (χ1v) is 5.93. The summed E-state index contributed by atoms with van der Waals surface area (Å²) in [4.78, 5) is 12.1. The van der Waals surface area contributed by atoms with Crippen LogP contribution in [0.4, 0.5) is 0 Å². The van der Waals surface area contributed by atoms with Crippen LogP contribution < -0.4 is 5.32 Å². The van der Waals surface area contributed by atoms with Crippen LogP contribution in [0.5, 0.6) is 0 Å². The number of amides is 1. The molecule has 0 unspecified atom stereocenters. The van der Waals surface area contributed by atoms with E-state index in [9.17, 15) is 10.1 Å². The smallest absolute Gasteiger partial charge is 0.252 e. The standard InChI is InChI=1S/C14H13N3O/c15-9-11-4-3-5-12(8-11)13(18)17-14(10-16)6-1-2-7-14/h3-5,8H,1-2,6-7H2,(H,17,18). The monoisotopic (exact) mass is 239 g/mol. The summed E-state index contributed by atoms with van der Waals surface area (Å²) in [7, 11) is 0. The van der Waals surface area contributed by atoms with Crippen LogP contribution in [0.25, 0.3) is 0 Å². The van der Waals surface area contributed by atoms with Crippen molar-refractivity contribution >= 4 is 5.91 Å². The Morgan fingerprint density at radius 2 is 2.00 bits per heavy atom. The maximum atomic E-state index is 12.1. The topological polar surface area (TPSA) is 76.7 Å². The van der Waals surface area contributed by atoms with Gasteiger partial charge in [-0.3, -0.25) is 4.79 Å². The predicted molar refractivity (Wildman–Crippen MR) is 65.4 cm³/mol. The Balaban J connectivity index is 2.17. The van der Waals surface area contributed by atoms with Crippen LogP contribution in [-0.4, -0.2) is 11.4 Å². The maximum Gasteiger partial charge on any atom is 0.252 e. The minimum Gasteiger partial charge on any atom is -0.334 e. The van der Waals surface area contributed by atoms with Gasteiger partial charge in [-0.05, 0) is 43.9 Å². The third kappa shape index (κ3) is 2.33. The van der Waals surface area contributed by atoms with E-state index < -0.39 is 5.54 Å². The Hall–Kier alpha value is -2.33. The van der Waals surface area contributed by atoms with E-state index in [0.717, 1.165) is 12.8 Å². The first-order chi connectivity index (χ1) is 8.69. The molecule has 4 nitrogen and oxygen atoms in total. The predicted octanol–water partition coefficient (Wildman–Crippen LogP) is 2.12. The molecule has 0 atom stereocenters. The molecule has 1 aromatic carbocycles. The SMILES string of the molecule is N#Cc1cccc(C(=O)NC2(C#N)CCCC2)c1. The van der Waals surface area contributed by atoms with Gasteiger partial charge in [0.25, 0.3) is 5.91 Å². The minimum absolute atomic E-state index is 0.282. The van der Waals surface area contributed by atoms with Crippen LogP contribution in [0.3, 0.4) is 0 Å². The Morgan fingerprint density at radius 3 is 2.61 bits per heavy atom. The largest absolute Gasteiger partial charge is 0.334 e. The summed E-state index contributed by atoms with van der Waals surface area (Å²) >= 11 is 0. The maximum absolute atomic E-state index is 12.1. The van der Waals surface area contributed by atoms with Gasteiger partial charge in [0.15, 0.2) is 0 Å². The van der Waals surface area contributed by atoms with Crippen LogP contribution in [0.1, 0.15) is 41.6 Å². The fourth-order valence-electron chi connectivity index (χ4n) is 2.26. The van der Waals surface area contributed by atoms with Crippen molar-refractivity contribution in [1.82, 2.24) is 5.32 Å². The lowest BCUT2D eigenvalue weighted by molar-refractivity contribution is 0.0920. The second-order valence-electron chi connectivity index (χ2n) is 4.55. The van der Waals surface area contributed by atoms with Crippen LogP contribution in [-0.2, 0) is 0 Å². The number of nitrogens with one attached hydrogen (secondary N) is 1.